The molecule has 3 aromatic rings. The minimum Gasteiger partial charge on any atom is -0.436 e. The molecule has 7 nitrogen and oxygen atoms in total. The van der Waals surface area contributed by atoms with Gasteiger partial charge in [0.05, 0.1) is 0 Å². The maximum atomic E-state index is 13.2. The molecular formula is C30H38N4O3. The monoisotopic (exact) mass is 502 g/mol. The van der Waals surface area contributed by atoms with Gasteiger partial charge in [-0.1, -0.05) is 31.0 Å². The molecule has 2 amide bonds. The summed E-state index contributed by atoms with van der Waals surface area (Å²) in [4.78, 5) is 35.0. The second-order valence-corrected chi connectivity index (χ2v) is 10.7. The Morgan fingerprint density at radius 3 is 2.49 bits per heavy atom. The van der Waals surface area contributed by atoms with Gasteiger partial charge < -0.3 is 19.5 Å². The van der Waals surface area contributed by atoms with Crippen molar-refractivity contribution in [3.8, 4) is 11.5 Å². The van der Waals surface area contributed by atoms with E-state index in [1.807, 2.05) is 61.2 Å². The van der Waals surface area contributed by atoms with Gasteiger partial charge in [-0.15, -0.1) is 0 Å². The largest absolute Gasteiger partial charge is 0.436 e. The van der Waals surface area contributed by atoms with Crippen LogP contribution in [0.1, 0.15) is 54.9 Å². The predicted molar refractivity (Wildman–Crippen MR) is 145 cm³/mol. The van der Waals surface area contributed by atoms with Crippen LogP contribution in [0.25, 0.3) is 22.6 Å². The van der Waals surface area contributed by atoms with Crippen LogP contribution in [-0.2, 0) is 4.79 Å². The number of carbonyl (C=O) groups is 2. The molecule has 1 aromatic heterocycles. The number of carbonyl (C=O) groups excluding carboxylic acids is 2. The number of likely N-dealkylation sites (tertiary alicyclic amines) is 2. The number of rotatable bonds is 7. The molecule has 0 saturated carbocycles. The third-order valence-electron chi connectivity index (χ3n) is 8.06. The minimum atomic E-state index is -0.0368. The van der Waals surface area contributed by atoms with E-state index in [0.717, 1.165) is 44.6 Å². The van der Waals surface area contributed by atoms with Crippen LogP contribution in [0.4, 0.5) is 0 Å². The first-order valence-corrected chi connectivity index (χ1v) is 13.7. The van der Waals surface area contributed by atoms with E-state index in [4.69, 9.17) is 4.42 Å². The summed E-state index contributed by atoms with van der Waals surface area (Å²) >= 11 is 0. The molecule has 5 rings (SSSR count). The first kappa shape index (κ1) is 25.5. The van der Waals surface area contributed by atoms with E-state index < -0.39 is 0 Å². The van der Waals surface area contributed by atoms with Gasteiger partial charge in [0.25, 0.3) is 5.91 Å². The molecule has 0 radical (unpaired) electrons. The smallest absolute Gasteiger partial charge is 0.253 e. The van der Waals surface area contributed by atoms with Crippen LogP contribution >= 0.6 is 0 Å². The van der Waals surface area contributed by atoms with E-state index >= 15 is 0 Å². The fourth-order valence-electron chi connectivity index (χ4n) is 5.56. The lowest BCUT2D eigenvalue weighted by Crippen LogP contribution is -2.44. The zero-order chi connectivity index (χ0) is 25.8. The molecule has 37 heavy (non-hydrogen) atoms. The van der Waals surface area contributed by atoms with Gasteiger partial charge in [-0.2, -0.15) is 0 Å². The maximum Gasteiger partial charge on any atom is 0.253 e. The van der Waals surface area contributed by atoms with Crippen LogP contribution in [-0.4, -0.2) is 65.9 Å². The summed E-state index contributed by atoms with van der Waals surface area (Å²) in [6, 6.07) is 13.5. The van der Waals surface area contributed by atoms with E-state index in [-0.39, 0.29) is 17.7 Å². The molecule has 2 aliphatic rings. The Morgan fingerprint density at radius 1 is 1.03 bits per heavy atom. The molecule has 1 unspecified atom stereocenters. The molecule has 0 bridgehead atoms. The standard InChI is InChI=1S/C30H38N4O3/c1-21-6-8-24(9-7-21)29-32-26-20-25(10-11-27(26)37-29)30(36)34-17-12-23(13-18-34)22(2)28(35)31-14-19-33-15-4-3-5-16-33/h6-11,20,22-23H,3-5,12-19H2,1-2H3,(H,31,35). The van der Waals surface area contributed by atoms with Gasteiger partial charge in [-0.25, -0.2) is 4.98 Å². The van der Waals surface area contributed by atoms with E-state index in [9.17, 15) is 9.59 Å². The van der Waals surface area contributed by atoms with Crippen LogP contribution in [0.3, 0.4) is 0 Å². The number of piperidine rings is 2. The third-order valence-corrected chi connectivity index (χ3v) is 8.06. The summed E-state index contributed by atoms with van der Waals surface area (Å²) in [6.07, 6.45) is 5.54. The molecule has 7 heteroatoms. The highest BCUT2D eigenvalue weighted by Crippen LogP contribution is 2.28. The lowest BCUT2D eigenvalue weighted by atomic mass is 9.84. The van der Waals surface area contributed by atoms with Gasteiger partial charge in [0.2, 0.25) is 11.8 Å². The molecule has 196 valence electrons. The normalized spacial score (nSPS) is 18.2. The lowest BCUT2D eigenvalue weighted by Gasteiger charge is -2.34. The van der Waals surface area contributed by atoms with Crippen molar-refractivity contribution in [2.45, 2.75) is 46.0 Å². The highest BCUT2D eigenvalue weighted by Gasteiger charge is 2.30. The third kappa shape index (κ3) is 6.04. The number of benzene rings is 2. The van der Waals surface area contributed by atoms with Crippen molar-refractivity contribution in [3.63, 3.8) is 0 Å². The molecule has 0 spiro atoms. The SMILES string of the molecule is Cc1ccc(-c2nc3cc(C(=O)N4CCC(C(C)C(=O)NCCN5CCCCC5)CC4)ccc3o2)cc1. The van der Waals surface area contributed by atoms with Gasteiger partial charge in [-0.3, -0.25) is 9.59 Å². The second kappa shape index (κ2) is 11.5. The summed E-state index contributed by atoms with van der Waals surface area (Å²) in [6.45, 7) is 9.36. The maximum absolute atomic E-state index is 13.2. The predicted octanol–water partition coefficient (Wildman–Crippen LogP) is 4.89. The number of hydrogen-bond donors (Lipinski definition) is 1. The van der Waals surface area contributed by atoms with Crippen molar-refractivity contribution in [1.82, 2.24) is 20.1 Å². The summed E-state index contributed by atoms with van der Waals surface area (Å²) in [5, 5.41) is 3.14. The minimum absolute atomic E-state index is 0.0128. The number of nitrogens with one attached hydrogen (secondary N) is 1. The van der Waals surface area contributed by atoms with Crippen LogP contribution in [0.2, 0.25) is 0 Å². The summed E-state index contributed by atoms with van der Waals surface area (Å²) in [5.74, 6) is 0.976. The zero-order valence-corrected chi connectivity index (χ0v) is 22.0. The fraction of sp³-hybridized carbons (Fsp3) is 0.500. The Kier molecular flexibility index (Phi) is 7.89. The second-order valence-electron chi connectivity index (χ2n) is 10.7. The van der Waals surface area contributed by atoms with Crippen molar-refractivity contribution in [1.29, 1.82) is 0 Å². The Morgan fingerprint density at radius 2 is 1.76 bits per heavy atom. The Hall–Kier alpha value is -3.19. The van der Waals surface area contributed by atoms with Gasteiger partial charge in [0.15, 0.2) is 5.58 Å². The van der Waals surface area contributed by atoms with Crippen molar-refractivity contribution >= 4 is 22.9 Å². The first-order chi connectivity index (χ1) is 18.0. The fourth-order valence-corrected chi connectivity index (χ4v) is 5.56. The van der Waals surface area contributed by atoms with Crippen LogP contribution in [0.15, 0.2) is 46.9 Å². The lowest BCUT2D eigenvalue weighted by molar-refractivity contribution is -0.126. The van der Waals surface area contributed by atoms with E-state index in [0.29, 0.717) is 41.6 Å². The summed E-state index contributed by atoms with van der Waals surface area (Å²) < 4.78 is 5.92. The Bertz CT molecular complexity index is 1220. The zero-order valence-electron chi connectivity index (χ0n) is 22.0. The molecular weight excluding hydrogens is 464 g/mol. The van der Waals surface area contributed by atoms with Crippen molar-refractivity contribution in [2.75, 3.05) is 39.3 Å². The molecule has 2 saturated heterocycles. The number of oxazole rings is 1. The quantitative estimate of drug-likeness (QED) is 0.498. The molecule has 2 fully saturated rings. The average molecular weight is 503 g/mol. The van der Waals surface area contributed by atoms with Crippen LogP contribution in [0, 0.1) is 18.8 Å². The molecule has 2 aliphatic heterocycles. The summed E-state index contributed by atoms with van der Waals surface area (Å²) in [7, 11) is 0. The van der Waals surface area contributed by atoms with Crippen molar-refractivity contribution < 1.29 is 14.0 Å². The average Bonchev–Trinajstić information content (AvgIpc) is 3.37. The molecule has 1 N–H and O–H groups in total. The summed E-state index contributed by atoms with van der Waals surface area (Å²) in [5.41, 5.74) is 4.08. The van der Waals surface area contributed by atoms with Gasteiger partial charge in [0.1, 0.15) is 5.52 Å². The molecule has 0 aliphatic carbocycles. The van der Waals surface area contributed by atoms with Gasteiger partial charge >= 0.3 is 0 Å². The Balaban J connectivity index is 1.13. The van der Waals surface area contributed by atoms with Crippen molar-refractivity contribution in [3.05, 3.63) is 53.6 Å². The number of nitrogens with zero attached hydrogens (tertiary/aromatic N) is 3. The van der Waals surface area contributed by atoms with Crippen LogP contribution in [0.5, 0.6) is 0 Å². The van der Waals surface area contributed by atoms with Gasteiger partial charge in [0, 0.05) is 43.2 Å². The van der Waals surface area contributed by atoms with E-state index in [2.05, 4.69) is 15.2 Å². The number of aromatic nitrogens is 1. The van der Waals surface area contributed by atoms with E-state index in [1.54, 1.807) is 0 Å². The topological polar surface area (TPSA) is 78.7 Å². The molecule has 3 heterocycles. The molecule has 1 atom stereocenters. The molecule has 2 aromatic carbocycles. The van der Waals surface area contributed by atoms with Gasteiger partial charge in [-0.05, 0) is 81.9 Å². The number of amides is 2. The number of fused-ring (bicyclic) bond motifs is 1. The van der Waals surface area contributed by atoms with Crippen LogP contribution < -0.4 is 5.32 Å². The van der Waals surface area contributed by atoms with Crippen molar-refractivity contribution in [2.24, 2.45) is 11.8 Å². The highest BCUT2D eigenvalue weighted by molar-refractivity contribution is 5.97. The van der Waals surface area contributed by atoms with E-state index in [1.165, 1.54) is 24.8 Å². The Labute approximate surface area is 219 Å². The number of aryl methyl sites for hydroxylation is 1. The number of hydrogen-bond acceptors (Lipinski definition) is 5. The highest BCUT2D eigenvalue weighted by atomic mass is 16.3. The first-order valence-electron chi connectivity index (χ1n) is 13.7.